The van der Waals surface area contributed by atoms with Crippen molar-refractivity contribution in [3.05, 3.63) is 0 Å². The number of unbranched alkanes of at least 4 members (excludes halogenated alkanes) is 19. The first-order valence-corrected chi connectivity index (χ1v) is 14.1. The van der Waals surface area contributed by atoms with Gasteiger partial charge in [-0.3, -0.25) is 0 Å². The third-order valence-corrected chi connectivity index (χ3v) is 6.58. The number of aliphatic hydroxyl groups excluding tert-OH is 2. The highest BCUT2D eigenvalue weighted by molar-refractivity contribution is 4.64. The minimum atomic E-state index is -0.304. The van der Waals surface area contributed by atoms with Crippen molar-refractivity contribution < 1.29 is 10.2 Å². The summed E-state index contributed by atoms with van der Waals surface area (Å²) in [4.78, 5) is 0. The second-order valence-electron chi connectivity index (χ2n) is 9.84. The summed E-state index contributed by atoms with van der Waals surface area (Å²) < 4.78 is 0. The van der Waals surface area contributed by atoms with Gasteiger partial charge in [-0.25, -0.2) is 0 Å². The van der Waals surface area contributed by atoms with Crippen molar-refractivity contribution in [2.45, 2.75) is 180 Å². The fourth-order valence-corrected chi connectivity index (χ4v) is 4.46. The summed E-state index contributed by atoms with van der Waals surface area (Å²) in [5, 5.41) is 20.0. The van der Waals surface area contributed by atoms with Gasteiger partial charge in [0.25, 0.3) is 0 Å². The Bertz CT molecular complexity index is 305. The van der Waals surface area contributed by atoms with Crippen LogP contribution in [0.15, 0.2) is 0 Å². The largest absolute Gasteiger partial charge is 0.393 e. The molecule has 0 unspecified atom stereocenters. The Hall–Kier alpha value is -0.0800. The first-order valence-electron chi connectivity index (χ1n) is 14.1. The SMILES string of the molecule is CCCCCCCCCCCCCCCCCCCC[C@@H](O)C[C@@H](O)CCCCC. The molecule has 0 fully saturated rings. The lowest BCUT2D eigenvalue weighted by Gasteiger charge is -2.15. The maximum atomic E-state index is 10.1. The summed E-state index contributed by atoms with van der Waals surface area (Å²) >= 11 is 0. The third-order valence-electron chi connectivity index (χ3n) is 6.58. The topological polar surface area (TPSA) is 40.5 Å². The predicted molar refractivity (Wildman–Crippen MR) is 134 cm³/mol. The van der Waals surface area contributed by atoms with E-state index in [2.05, 4.69) is 13.8 Å². The number of hydrogen-bond donors (Lipinski definition) is 2. The molecule has 2 N–H and O–H groups in total. The van der Waals surface area contributed by atoms with Gasteiger partial charge in [-0.15, -0.1) is 0 Å². The van der Waals surface area contributed by atoms with Crippen LogP contribution in [0.4, 0.5) is 0 Å². The second kappa shape index (κ2) is 25.2. The van der Waals surface area contributed by atoms with Crippen molar-refractivity contribution >= 4 is 0 Å². The van der Waals surface area contributed by atoms with Gasteiger partial charge in [0.1, 0.15) is 0 Å². The Balaban J connectivity index is 3.17. The maximum absolute atomic E-state index is 10.1. The average molecular weight is 427 g/mol. The van der Waals surface area contributed by atoms with Crippen LogP contribution in [0.25, 0.3) is 0 Å². The molecule has 0 saturated heterocycles. The lowest BCUT2D eigenvalue weighted by atomic mass is 10.00. The molecule has 0 aliphatic rings. The van der Waals surface area contributed by atoms with Crippen LogP contribution < -0.4 is 0 Å². The second-order valence-corrected chi connectivity index (χ2v) is 9.84. The third kappa shape index (κ3) is 24.2. The van der Waals surface area contributed by atoms with Gasteiger partial charge in [0, 0.05) is 0 Å². The zero-order valence-corrected chi connectivity index (χ0v) is 21.0. The van der Waals surface area contributed by atoms with Crippen molar-refractivity contribution in [2.75, 3.05) is 0 Å². The van der Waals surface area contributed by atoms with Crippen molar-refractivity contribution in [1.29, 1.82) is 0 Å². The molecular weight excluding hydrogens is 368 g/mol. The number of hydrogen-bond acceptors (Lipinski definition) is 2. The van der Waals surface area contributed by atoms with Crippen molar-refractivity contribution in [1.82, 2.24) is 0 Å². The predicted octanol–water partition coefficient (Wildman–Crippen LogP) is 9.11. The first kappa shape index (κ1) is 29.9. The van der Waals surface area contributed by atoms with E-state index in [1.165, 1.54) is 122 Å². The molecule has 30 heavy (non-hydrogen) atoms. The zero-order valence-electron chi connectivity index (χ0n) is 21.0. The van der Waals surface area contributed by atoms with Crippen LogP contribution >= 0.6 is 0 Å². The quantitative estimate of drug-likeness (QED) is 0.143. The van der Waals surface area contributed by atoms with E-state index in [0.29, 0.717) is 6.42 Å². The summed E-state index contributed by atoms with van der Waals surface area (Å²) in [6.07, 6.45) is 30.2. The lowest BCUT2D eigenvalue weighted by molar-refractivity contribution is 0.0681. The average Bonchev–Trinajstić information content (AvgIpc) is 2.73. The van der Waals surface area contributed by atoms with Crippen LogP contribution in [0.5, 0.6) is 0 Å². The molecule has 0 rings (SSSR count). The summed E-state index contributed by atoms with van der Waals surface area (Å²) in [5.41, 5.74) is 0. The van der Waals surface area contributed by atoms with E-state index in [0.717, 1.165) is 25.7 Å². The maximum Gasteiger partial charge on any atom is 0.0564 e. The van der Waals surface area contributed by atoms with Gasteiger partial charge in [-0.05, 0) is 19.3 Å². The smallest absolute Gasteiger partial charge is 0.0564 e. The Morgan fingerprint density at radius 2 is 0.600 bits per heavy atom. The normalized spacial score (nSPS) is 13.6. The highest BCUT2D eigenvalue weighted by atomic mass is 16.3. The van der Waals surface area contributed by atoms with Gasteiger partial charge in [0.2, 0.25) is 0 Å². The van der Waals surface area contributed by atoms with E-state index in [4.69, 9.17) is 0 Å². The number of aliphatic hydroxyl groups is 2. The van der Waals surface area contributed by atoms with Crippen LogP contribution in [-0.2, 0) is 0 Å². The summed E-state index contributed by atoms with van der Waals surface area (Å²) in [5.74, 6) is 0. The standard InChI is InChI=1S/C28H58O2/c1-3-5-7-8-9-10-11-12-13-14-15-16-17-18-19-20-21-23-25-28(30)26-27(29)24-22-6-4-2/h27-30H,3-26H2,1-2H3/t27-,28+/m0/s1. The van der Waals surface area contributed by atoms with Gasteiger partial charge < -0.3 is 10.2 Å². The molecule has 2 atom stereocenters. The van der Waals surface area contributed by atoms with Crippen molar-refractivity contribution in [3.63, 3.8) is 0 Å². The van der Waals surface area contributed by atoms with Crippen LogP contribution in [0, 0.1) is 0 Å². The van der Waals surface area contributed by atoms with Gasteiger partial charge in [0.05, 0.1) is 12.2 Å². The van der Waals surface area contributed by atoms with E-state index < -0.39 is 0 Å². The molecule has 182 valence electrons. The van der Waals surface area contributed by atoms with Gasteiger partial charge in [-0.2, -0.15) is 0 Å². The summed E-state index contributed by atoms with van der Waals surface area (Å²) in [6, 6.07) is 0. The fourth-order valence-electron chi connectivity index (χ4n) is 4.46. The van der Waals surface area contributed by atoms with E-state index >= 15 is 0 Å². The molecule has 0 radical (unpaired) electrons. The monoisotopic (exact) mass is 426 g/mol. The first-order chi connectivity index (χ1) is 14.7. The van der Waals surface area contributed by atoms with E-state index in [1.54, 1.807) is 0 Å². The van der Waals surface area contributed by atoms with Crippen LogP contribution in [0.3, 0.4) is 0 Å². The molecular formula is C28H58O2. The minimum absolute atomic E-state index is 0.303. The molecule has 0 aromatic heterocycles. The highest BCUT2D eigenvalue weighted by Crippen LogP contribution is 2.16. The van der Waals surface area contributed by atoms with Gasteiger partial charge in [-0.1, -0.05) is 149 Å². The molecule has 0 aliphatic heterocycles. The van der Waals surface area contributed by atoms with Crippen molar-refractivity contribution in [2.24, 2.45) is 0 Å². The Morgan fingerprint density at radius 3 is 0.933 bits per heavy atom. The molecule has 0 heterocycles. The molecule has 0 aromatic rings. The van der Waals surface area contributed by atoms with Crippen LogP contribution in [0.2, 0.25) is 0 Å². The Labute approximate surface area is 190 Å². The van der Waals surface area contributed by atoms with E-state index in [-0.39, 0.29) is 12.2 Å². The van der Waals surface area contributed by atoms with Gasteiger partial charge in [0.15, 0.2) is 0 Å². The molecule has 0 bridgehead atoms. The van der Waals surface area contributed by atoms with E-state index in [1.807, 2.05) is 0 Å². The van der Waals surface area contributed by atoms with Crippen LogP contribution in [0.1, 0.15) is 168 Å². The zero-order chi connectivity index (χ0) is 22.1. The minimum Gasteiger partial charge on any atom is -0.393 e. The van der Waals surface area contributed by atoms with Crippen LogP contribution in [-0.4, -0.2) is 22.4 Å². The van der Waals surface area contributed by atoms with Gasteiger partial charge >= 0.3 is 0 Å². The molecule has 0 amide bonds. The Morgan fingerprint density at radius 1 is 0.367 bits per heavy atom. The molecule has 2 heteroatoms. The molecule has 2 nitrogen and oxygen atoms in total. The molecule has 0 aliphatic carbocycles. The lowest BCUT2D eigenvalue weighted by Crippen LogP contribution is -2.17. The summed E-state index contributed by atoms with van der Waals surface area (Å²) in [6.45, 7) is 4.47. The van der Waals surface area contributed by atoms with E-state index in [9.17, 15) is 10.2 Å². The number of rotatable bonds is 25. The van der Waals surface area contributed by atoms with Crippen molar-refractivity contribution in [3.8, 4) is 0 Å². The summed E-state index contributed by atoms with van der Waals surface area (Å²) in [7, 11) is 0. The Kier molecular flexibility index (Phi) is 25.1. The highest BCUT2D eigenvalue weighted by Gasteiger charge is 2.11. The molecule has 0 aromatic carbocycles. The fraction of sp³-hybridized carbons (Fsp3) is 1.00. The molecule has 0 spiro atoms. The molecule has 0 saturated carbocycles.